The number of H-pyrrole nitrogens is 1. The van der Waals surface area contributed by atoms with E-state index in [0.29, 0.717) is 21.4 Å². The average molecular weight is 360 g/mol. The molecule has 6 heteroatoms. The fraction of sp³-hybridized carbons (Fsp3) is 0.111. The molecule has 1 aromatic heterocycles. The Morgan fingerprint density at radius 3 is 2.83 bits per heavy atom. The number of amides is 1. The van der Waals surface area contributed by atoms with E-state index in [9.17, 15) is 4.79 Å². The molecule has 0 aliphatic rings. The maximum Gasteiger partial charge on any atom is 0.244 e. The van der Waals surface area contributed by atoms with Crippen LogP contribution in [0, 0.1) is 0 Å². The first-order chi connectivity index (χ1) is 11.5. The summed E-state index contributed by atoms with van der Waals surface area (Å²) in [5.74, 6) is 0.470. The number of rotatable bonds is 4. The van der Waals surface area contributed by atoms with Crippen molar-refractivity contribution in [3.8, 4) is 0 Å². The first kappa shape index (κ1) is 16.6. The lowest BCUT2D eigenvalue weighted by Gasteiger charge is -2.09. The highest BCUT2D eigenvalue weighted by molar-refractivity contribution is 6.34. The van der Waals surface area contributed by atoms with Crippen LogP contribution >= 0.6 is 23.2 Å². The molecule has 24 heavy (non-hydrogen) atoms. The minimum atomic E-state index is -0.246. The molecule has 0 saturated carbocycles. The number of nitrogens with zero attached hydrogens (tertiary/aromatic N) is 1. The zero-order valence-electron chi connectivity index (χ0n) is 12.9. The first-order valence-electron chi connectivity index (χ1n) is 7.41. The lowest BCUT2D eigenvalue weighted by Crippen LogP contribution is -2.25. The maximum atomic E-state index is 12.1. The number of benzene rings is 2. The monoisotopic (exact) mass is 359 g/mol. The summed E-state index contributed by atoms with van der Waals surface area (Å²) in [6.07, 6.45) is 3.06. The number of nitrogens with one attached hydrogen (secondary N) is 2. The van der Waals surface area contributed by atoms with E-state index in [4.69, 9.17) is 23.2 Å². The van der Waals surface area contributed by atoms with E-state index in [0.717, 1.165) is 11.0 Å². The highest BCUT2D eigenvalue weighted by Gasteiger charge is 2.12. The van der Waals surface area contributed by atoms with Crippen LogP contribution in [0.4, 0.5) is 0 Å². The van der Waals surface area contributed by atoms with E-state index in [1.165, 1.54) is 6.08 Å². The number of halogens is 2. The van der Waals surface area contributed by atoms with Crippen molar-refractivity contribution in [2.45, 2.75) is 13.0 Å². The predicted molar refractivity (Wildman–Crippen MR) is 98.1 cm³/mol. The molecule has 0 aliphatic carbocycles. The summed E-state index contributed by atoms with van der Waals surface area (Å²) < 4.78 is 0. The van der Waals surface area contributed by atoms with Crippen molar-refractivity contribution in [3.05, 3.63) is 70.0 Å². The van der Waals surface area contributed by atoms with Gasteiger partial charge in [0.05, 0.1) is 17.1 Å². The Morgan fingerprint density at radius 1 is 1.25 bits per heavy atom. The lowest BCUT2D eigenvalue weighted by atomic mass is 10.2. The number of hydrogen-bond acceptors (Lipinski definition) is 2. The molecule has 0 aliphatic heterocycles. The predicted octanol–water partition coefficient (Wildman–Crippen LogP) is 4.76. The van der Waals surface area contributed by atoms with Crippen molar-refractivity contribution in [2.75, 3.05) is 0 Å². The average Bonchev–Trinajstić information content (AvgIpc) is 3.00. The normalized spacial score (nSPS) is 12.6. The molecule has 1 atom stereocenters. The molecule has 4 nitrogen and oxygen atoms in total. The van der Waals surface area contributed by atoms with Gasteiger partial charge in [-0.25, -0.2) is 4.98 Å². The molecule has 1 heterocycles. The summed E-state index contributed by atoms with van der Waals surface area (Å²) in [6, 6.07) is 12.6. The number of carbonyl (C=O) groups excluding carboxylic acids is 1. The minimum absolute atomic E-state index is 0.237. The number of imidazole rings is 1. The van der Waals surface area contributed by atoms with Crippen molar-refractivity contribution in [1.29, 1.82) is 0 Å². The van der Waals surface area contributed by atoms with Crippen molar-refractivity contribution in [1.82, 2.24) is 15.3 Å². The van der Waals surface area contributed by atoms with Crippen LogP contribution in [-0.2, 0) is 4.79 Å². The largest absolute Gasteiger partial charge is 0.343 e. The molecule has 0 spiro atoms. The number of aromatic nitrogens is 2. The van der Waals surface area contributed by atoms with Crippen LogP contribution in [0.1, 0.15) is 24.4 Å². The van der Waals surface area contributed by atoms with Crippen molar-refractivity contribution in [3.63, 3.8) is 0 Å². The van der Waals surface area contributed by atoms with Crippen molar-refractivity contribution >= 4 is 46.2 Å². The summed E-state index contributed by atoms with van der Waals surface area (Å²) in [7, 11) is 0. The van der Waals surface area contributed by atoms with Crippen LogP contribution in [0.5, 0.6) is 0 Å². The molecule has 3 rings (SSSR count). The molecule has 2 aromatic carbocycles. The Labute approximate surface area is 149 Å². The van der Waals surface area contributed by atoms with Gasteiger partial charge in [-0.15, -0.1) is 0 Å². The first-order valence-corrected chi connectivity index (χ1v) is 8.17. The van der Waals surface area contributed by atoms with Gasteiger partial charge in [0, 0.05) is 16.1 Å². The van der Waals surface area contributed by atoms with Crippen LogP contribution in [0.3, 0.4) is 0 Å². The van der Waals surface area contributed by atoms with Gasteiger partial charge in [-0.3, -0.25) is 4.79 Å². The molecule has 2 N–H and O–H groups in total. The third kappa shape index (κ3) is 3.78. The SMILES string of the molecule is CC(NC(=O)C=Cc1cc(Cl)ccc1Cl)c1nc2ccccc2[nH]1. The van der Waals surface area contributed by atoms with Crippen molar-refractivity contribution < 1.29 is 4.79 Å². The Morgan fingerprint density at radius 2 is 2.04 bits per heavy atom. The van der Waals surface area contributed by atoms with Gasteiger partial charge in [0.2, 0.25) is 5.91 Å². The summed E-state index contributed by atoms with van der Waals surface area (Å²) in [5, 5.41) is 3.97. The summed E-state index contributed by atoms with van der Waals surface area (Å²) in [5.41, 5.74) is 2.50. The summed E-state index contributed by atoms with van der Waals surface area (Å²) in [6.45, 7) is 1.87. The molecular formula is C18H15Cl2N3O. The summed E-state index contributed by atoms with van der Waals surface area (Å²) >= 11 is 12.0. The van der Waals surface area contributed by atoms with Gasteiger partial charge in [-0.2, -0.15) is 0 Å². The van der Waals surface area contributed by atoms with E-state index in [1.54, 1.807) is 24.3 Å². The van der Waals surface area contributed by atoms with Gasteiger partial charge < -0.3 is 10.3 Å². The molecule has 0 radical (unpaired) electrons. The van der Waals surface area contributed by atoms with Crippen LogP contribution in [-0.4, -0.2) is 15.9 Å². The molecule has 1 unspecified atom stereocenters. The lowest BCUT2D eigenvalue weighted by molar-refractivity contribution is -0.117. The van der Waals surface area contributed by atoms with Gasteiger partial charge in [0.25, 0.3) is 0 Å². The Bertz CT molecular complexity index is 885. The highest BCUT2D eigenvalue weighted by Crippen LogP contribution is 2.22. The van der Waals surface area contributed by atoms with E-state index >= 15 is 0 Å². The van der Waals surface area contributed by atoms with E-state index in [1.807, 2.05) is 31.2 Å². The van der Waals surface area contributed by atoms with Gasteiger partial charge in [0.15, 0.2) is 0 Å². The second-order valence-corrected chi connectivity index (χ2v) is 6.21. The molecule has 0 saturated heterocycles. The van der Waals surface area contributed by atoms with Gasteiger partial charge in [-0.05, 0) is 48.9 Å². The molecule has 122 valence electrons. The third-order valence-corrected chi connectivity index (χ3v) is 4.13. The Hall–Kier alpha value is -2.30. The quantitative estimate of drug-likeness (QED) is 0.659. The highest BCUT2D eigenvalue weighted by atomic mass is 35.5. The van der Waals surface area contributed by atoms with Gasteiger partial charge in [0.1, 0.15) is 5.82 Å². The molecule has 0 bridgehead atoms. The maximum absolute atomic E-state index is 12.1. The third-order valence-electron chi connectivity index (χ3n) is 3.55. The van der Waals surface area contributed by atoms with Crippen LogP contribution in [0.15, 0.2) is 48.5 Å². The molecular weight excluding hydrogens is 345 g/mol. The summed E-state index contributed by atoms with van der Waals surface area (Å²) in [4.78, 5) is 19.8. The zero-order chi connectivity index (χ0) is 17.1. The number of fused-ring (bicyclic) bond motifs is 1. The number of carbonyl (C=O) groups is 1. The van der Waals surface area contributed by atoms with E-state index < -0.39 is 0 Å². The molecule has 3 aromatic rings. The number of hydrogen-bond donors (Lipinski definition) is 2. The minimum Gasteiger partial charge on any atom is -0.343 e. The van der Waals surface area contributed by atoms with Crippen molar-refractivity contribution in [2.24, 2.45) is 0 Å². The van der Waals surface area contributed by atoms with E-state index in [-0.39, 0.29) is 11.9 Å². The fourth-order valence-electron chi connectivity index (χ4n) is 2.32. The molecule has 0 fully saturated rings. The van der Waals surface area contributed by atoms with Crippen LogP contribution in [0.25, 0.3) is 17.1 Å². The standard InChI is InChI=1S/C18H15Cl2N3O/c1-11(18-22-15-4-2-3-5-16(15)23-18)21-17(24)9-6-12-10-13(19)7-8-14(12)20/h2-11H,1H3,(H,21,24)(H,22,23). The van der Waals surface area contributed by atoms with Crippen LogP contribution < -0.4 is 5.32 Å². The zero-order valence-corrected chi connectivity index (χ0v) is 14.4. The second-order valence-electron chi connectivity index (χ2n) is 5.37. The Kier molecular flexibility index (Phi) is 4.88. The number of para-hydroxylation sites is 2. The van der Waals surface area contributed by atoms with Gasteiger partial charge >= 0.3 is 0 Å². The smallest absolute Gasteiger partial charge is 0.244 e. The second kappa shape index (κ2) is 7.07. The molecule has 1 amide bonds. The van der Waals surface area contributed by atoms with Crippen LogP contribution in [0.2, 0.25) is 10.0 Å². The number of aromatic amines is 1. The van der Waals surface area contributed by atoms with E-state index in [2.05, 4.69) is 15.3 Å². The topological polar surface area (TPSA) is 57.8 Å². The Balaban J connectivity index is 1.69. The van der Waals surface area contributed by atoms with Gasteiger partial charge in [-0.1, -0.05) is 35.3 Å². The fourth-order valence-corrected chi connectivity index (χ4v) is 2.68.